The van der Waals surface area contributed by atoms with Crippen LogP contribution in [-0.4, -0.2) is 11.3 Å². The zero-order chi connectivity index (χ0) is 12.6. The predicted octanol–water partition coefficient (Wildman–Crippen LogP) is 0.942. The summed E-state index contributed by atoms with van der Waals surface area (Å²) < 4.78 is 0. The van der Waals surface area contributed by atoms with Gasteiger partial charge in [0.25, 0.3) is 0 Å². The Labute approximate surface area is 98.2 Å². The molecule has 1 aliphatic heterocycles. The fraction of sp³-hybridized carbons (Fsp3) is 0.500. The number of halogens is 1. The predicted molar refractivity (Wildman–Crippen MR) is 55.1 cm³/mol. The largest absolute Gasteiger partial charge is 0.373 e. The fourth-order valence-electron chi connectivity index (χ4n) is 1.62. The number of nitrogens with one attached hydrogen (secondary N) is 1. The van der Waals surface area contributed by atoms with E-state index in [2.05, 4.69) is 5.32 Å². The van der Waals surface area contributed by atoms with Crippen molar-refractivity contribution in [3.63, 3.8) is 0 Å². The zero-order valence-corrected chi connectivity index (χ0v) is 9.50. The van der Waals surface area contributed by atoms with Crippen molar-refractivity contribution in [1.29, 1.82) is 15.8 Å². The van der Waals surface area contributed by atoms with E-state index in [1.165, 1.54) is 13.8 Å². The van der Waals surface area contributed by atoms with Gasteiger partial charge in [-0.15, -0.1) is 0 Å². The number of aliphatic hydroxyl groups excluding tert-OH is 1. The summed E-state index contributed by atoms with van der Waals surface area (Å²) in [5.41, 5.74) is -3.04. The number of hydrogen-bond acceptors (Lipinski definition) is 5. The number of nitrogens with zero attached hydrogens (tertiary/aromatic N) is 3. The Hall–Kier alpha value is -1.74. The first-order valence-electron chi connectivity index (χ1n) is 4.45. The van der Waals surface area contributed by atoms with Crippen LogP contribution in [0.1, 0.15) is 13.8 Å². The lowest BCUT2D eigenvalue weighted by Gasteiger charge is -2.43. The molecule has 0 amide bonds. The molecule has 1 rings (SSSR count). The molecule has 0 bridgehead atoms. The summed E-state index contributed by atoms with van der Waals surface area (Å²) in [7, 11) is 0. The molecule has 0 aromatic carbocycles. The minimum absolute atomic E-state index is 0.155. The van der Waals surface area contributed by atoms with Gasteiger partial charge >= 0.3 is 0 Å². The maximum Gasteiger partial charge on any atom is 0.190 e. The second-order valence-corrected chi connectivity index (χ2v) is 4.42. The monoisotopic (exact) mass is 236 g/mol. The van der Waals surface area contributed by atoms with Crippen molar-refractivity contribution in [2.24, 2.45) is 10.8 Å². The van der Waals surface area contributed by atoms with Crippen molar-refractivity contribution >= 4 is 11.6 Å². The van der Waals surface area contributed by atoms with Crippen molar-refractivity contribution in [1.82, 2.24) is 5.32 Å². The van der Waals surface area contributed by atoms with Gasteiger partial charge in [-0.05, 0) is 0 Å². The number of nitriles is 3. The SMILES string of the molecule is CC1(C)C(O)NC(Cl)=C(C#N)C1(C#N)C#N. The van der Waals surface area contributed by atoms with E-state index in [9.17, 15) is 5.11 Å². The third kappa shape index (κ3) is 1.25. The molecule has 2 N–H and O–H groups in total. The smallest absolute Gasteiger partial charge is 0.190 e. The molecule has 0 saturated heterocycles. The molecule has 1 aliphatic rings. The molecule has 0 spiro atoms. The average Bonchev–Trinajstić information content (AvgIpc) is 2.23. The Bertz CT molecular complexity index is 461. The Morgan fingerprint density at radius 3 is 2.19 bits per heavy atom. The minimum atomic E-state index is -1.75. The van der Waals surface area contributed by atoms with Crippen LogP contribution in [0.15, 0.2) is 10.7 Å². The average molecular weight is 237 g/mol. The van der Waals surface area contributed by atoms with Gasteiger partial charge in [-0.1, -0.05) is 25.4 Å². The molecule has 1 heterocycles. The standard InChI is InChI=1S/C10H9ClN4O/c1-9(2)8(16)15-7(11)6(3-12)10(9,4-13)5-14/h8,15-16H,1-2H3. The minimum Gasteiger partial charge on any atom is -0.373 e. The second-order valence-electron chi connectivity index (χ2n) is 4.04. The molecule has 16 heavy (non-hydrogen) atoms. The summed E-state index contributed by atoms with van der Waals surface area (Å²) in [6.45, 7) is 3.05. The Morgan fingerprint density at radius 2 is 1.81 bits per heavy atom. The van der Waals surface area contributed by atoms with Gasteiger partial charge < -0.3 is 10.4 Å². The first-order valence-corrected chi connectivity index (χ1v) is 4.82. The maximum absolute atomic E-state index is 9.78. The zero-order valence-electron chi connectivity index (χ0n) is 8.74. The van der Waals surface area contributed by atoms with Crippen LogP contribution in [0.5, 0.6) is 0 Å². The van der Waals surface area contributed by atoms with Gasteiger partial charge in [0.05, 0.1) is 17.7 Å². The third-order valence-electron chi connectivity index (χ3n) is 2.96. The van der Waals surface area contributed by atoms with E-state index in [0.29, 0.717) is 0 Å². The molecule has 0 radical (unpaired) electrons. The molecule has 0 aromatic rings. The first kappa shape index (κ1) is 12.3. The summed E-state index contributed by atoms with van der Waals surface area (Å²) in [4.78, 5) is 0. The van der Waals surface area contributed by atoms with Crippen LogP contribution in [0.25, 0.3) is 0 Å². The van der Waals surface area contributed by atoms with E-state index in [-0.39, 0.29) is 10.7 Å². The van der Waals surface area contributed by atoms with Crippen molar-refractivity contribution in [2.45, 2.75) is 20.1 Å². The van der Waals surface area contributed by atoms with Crippen LogP contribution in [0.2, 0.25) is 0 Å². The molecular weight excluding hydrogens is 228 g/mol. The third-order valence-corrected chi connectivity index (χ3v) is 3.25. The van der Waals surface area contributed by atoms with E-state index in [1.807, 2.05) is 0 Å². The van der Waals surface area contributed by atoms with E-state index in [4.69, 9.17) is 27.4 Å². The second kappa shape index (κ2) is 3.68. The summed E-state index contributed by atoms with van der Waals surface area (Å²) in [6.07, 6.45) is -1.17. The lowest BCUT2D eigenvalue weighted by molar-refractivity contribution is -0.0145. The number of hydrogen-bond donors (Lipinski definition) is 2. The van der Waals surface area contributed by atoms with Gasteiger partial charge in [0.15, 0.2) is 5.41 Å². The van der Waals surface area contributed by atoms with Crippen LogP contribution in [0.3, 0.4) is 0 Å². The molecule has 0 fully saturated rings. The topological polar surface area (TPSA) is 104 Å². The summed E-state index contributed by atoms with van der Waals surface area (Å²) in [6, 6.07) is 5.34. The Kier molecular flexibility index (Phi) is 2.84. The Balaban J connectivity index is 3.63. The van der Waals surface area contributed by atoms with Crippen LogP contribution >= 0.6 is 11.6 Å². The van der Waals surface area contributed by atoms with Gasteiger partial charge in [0.1, 0.15) is 17.5 Å². The van der Waals surface area contributed by atoms with Crippen LogP contribution in [0.4, 0.5) is 0 Å². The summed E-state index contributed by atoms with van der Waals surface area (Å²) >= 11 is 5.73. The molecule has 0 aliphatic carbocycles. The fourth-order valence-corrected chi connectivity index (χ4v) is 1.91. The molecule has 0 aromatic heterocycles. The van der Waals surface area contributed by atoms with E-state index in [0.717, 1.165) is 0 Å². The van der Waals surface area contributed by atoms with Gasteiger partial charge in [0, 0.05) is 5.41 Å². The van der Waals surface area contributed by atoms with Crippen LogP contribution in [0, 0.1) is 44.8 Å². The number of rotatable bonds is 0. The summed E-state index contributed by atoms with van der Waals surface area (Å²) in [5.74, 6) is 0. The molecular formula is C10H9ClN4O. The van der Waals surface area contributed by atoms with E-state index in [1.54, 1.807) is 18.2 Å². The van der Waals surface area contributed by atoms with Gasteiger partial charge in [0.2, 0.25) is 0 Å². The van der Waals surface area contributed by atoms with E-state index >= 15 is 0 Å². The molecule has 82 valence electrons. The molecule has 5 nitrogen and oxygen atoms in total. The van der Waals surface area contributed by atoms with Crippen LogP contribution < -0.4 is 5.32 Å². The van der Waals surface area contributed by atoms with Gasteiger partial charge in [-0.2, -0.15) is 15.8 Å². The van der Waals surface area contributed by atoms with Gasteiger partial charge in [-0.25, -0.2) is 0 Å². The van der Waals surface area contributed by atoms with Crippen molar-refractivity contribution in [3.05, 3.63) is 10.7 Å². The molecule has 1 unspecified atom stereocenters. The number of aliphatic hydroxyl groups is 1. The maximum atomic E-state index is 9.78. The molecule has 1 atom stereocenters. The van der Waals surface area contributed by atoms with Gasteiger partial charge in [-0.3, -0.25) is 0 Å². The molecule has 6 heteroatoms. The molecule has 0 saturated carbocycles. The summed E-state index contributed by atoms with van der Waals surface area (Å²) in [5, 5.41) is 39.4. The Morgan fingerprint density at radius 1 is 1.31 bits per heavy atom. The van der Waals surface area contributed by atoms with Crippen molar-refractivity contribution in [2.75, 3.05) is 0 Å². The lowest BCUT2D eigenvalue weighted by atomic mass is 9.61. The van der Waals surface area contributed by atoms with Crippen molar-refractivity contribution < 1.29 is 5.11 Å². The van der Waals surface area contributed by atoms with Crippen LogP contribution in [-0.2, 0) is 0 Å². The highest BCUT2D eigenvalue weighted by Crippen LogP contribution is 2.49. The number of allylic oxidation sites excluding steroid dienone is 1. The highest BCUT2D eigenvalue weighted by molar-refractivity contribution is 6.30. The highest BCUT2D eigenvalue weighted by Gasteiger charge is 2.57. The quantitative estimate of drug-likeness (QED) is 0.609. The lowest BCUT2D eigenvalue weighted by Crippen LogP contribution is -2.55. The van der Waals surface area contributed by atoms with E-state index < -0.39 is 17.1 Å². The highest BCUT2D eigenvalue weighted by atomic mass is 35.5. The first-order chi connectivity index (χ1) is 7.37. The normalized spacial score (nSPS) is 25.9. The van der Waals surface area contributed by atoms with Crippen molar-refractivity contribution in [3.8, 4) is 18.2 Å².